The number of hydrogen-bond donors (Lipinski definition) is 2. The summed E-state index contributed by atoms with van der Waals surface area (Å²) >= 11 is 0. The van der Waals surface area contributed by atoms with E-state index in [1.165, 1.54) is 16.8 Å². The summed E-state index contributed by atoms with van der Waals surface area (Å²) in [6.07, 6.45) is 3.32. The smallest absolute Gasteiger partial charge is 0.341 e. The number of carboxylic acid groups (broad SMARTS) is 1. The van der Waals surface area contributed by atoms with Crippen molar-refractivity contribution in [2.45, 2.75) is 18.8 Å². The van der Waals surface area contributed by atoms with Crippen LogP contribution in [0.2, 0.25) is 0 Å². The SMILES string of the molecule is O=C(O)c1cnn2c(C3CC3)cc(=O)[nH]c12. The molecule has 1 aliphatic rings. The molecule has 0 atom stereocenters. The summed E-state index contributed by atoms with van der Waals surface area (Å²) in [6, 6.07) is 1.49. The molecule has 0 unspecified atom stereocenters. The molecular formula is C10H9N3O3. The molecule has 1 saturated carbocycles. The van der Waals surface area contributed by atoms with Gasteiger partial charge in [-0.15, -0.1) is 0 Å². The Kier molecular flexibility index (Phi) is 1.68. The van der Waals surface area contributed by atoms with Gasteiger partial charge in [0.2, 0.25) is 0 Å². The van der Waals surface area contributed by atoms with E-state index in [-0.39, 0.29) is 16.8 Å². The van der Waals surface area contributed by atoms with Crippen LogP contribution in [0.1, 0.15) is 34.8 Å². The van der Waals surface area contributed by atoms with E-state index < -0.39 is 5.97 Å². The summed E-state index contributed by atoms with van der Waals surface area (Å²) in [6.45, 7) is 0. The zero-order chi connectivity index (χ0) is 11.3. The van der Waals surface area contributed by atoms with Crippen molar-refractivity contribution in [3.63, 3.8) is 0 Å². The van der Waals surface area contributed by atoms with Crippen molar-refractivity contribution in [2.75, 3.05) is 0 Å². The fraction of sp³-hybridized carbons (Fsp3) is 0.300. The molecule has 6 nitrogen and oxygen atoms in total. The van der Waals surface area contributed by atoms with Crippen LogP contribution < -0.4 is 5.56 Å². The number of aromatic amines is 1. The fourth-order valence-corrected chi connectivity index (χ4v) is 1.84. The van der Waals surface area contributed by atoms with Crippen molar-refractivity contribution in [1.29, 1.82) is 0 Å². The van der Waals surface area contributed by atoms with Gasteiger partial charge in [-0.3, -0.25) is 4.79 Å². The largest absolute Gasteiger partial charge is 0.477 e. The molecule has 0 amide bonds. The van der Waals surface area contributed by atoms with E-state index in [1.54, 1.807) is 0 Å². The van der Waals surface area contributed by atoms with Crippen LogP contribution >= 0.6 is 0 Å². The highest BCUT2D eigenvalue weighted by Gasteiger charge is 2.28. The standard InChI is InChI=1S/C10H9N3O3/c14-8-3-7(5-1-2-5)13-9(12-8)6(4-11-13)10(15)16/h3-5H,1-2H2,(H,12,14)(H,15,16). The maximum atomic E-state index is 11.4. The van der Waals surface area contributed by atoms with Gasteiger partial charge in [0.1, 0.15) is 5.56 Å². The first kappa shape index (κ1) is 9.14. The number of H-pyrrole nitrogens is 1. The molecule has 0 spiro atoms. The van der Waals surface area contributed by atoms with Crippen molar-refractivity contribution in [3.8, 4) is 0 Å². The van der Waals surface area contributed by atoms with E-state index in [4.69, 9.17) is 5.11 Å². The van der Waals surface area contributed by atoms with Gasteiger partial charge in [0.05, 0.1) is 11.9 Å². The van der Waals surface area contributed by atoms with Crippen molar-refractivity contribution >= 4 is 11.6 Å². The zero-order valence-corrected chi connectivity index (χ0v) is 8.30. The predicted octanol–water partition coefficient (Wildman–Crippen LogP) is 0.598. The van der Waals surface area contributed by atoms with Crippen molar-refractivity contribution in [2.24, 2.45) is 0 Å². The maximum Gasteiger partial charge on any atom is 0.341 e. The van der Waals surface area contributed by atoms with Gasteiger partial charge in [0, 0.05) is 12.0 Å². The molecule has 0 saturated heterocycles. The molecule has 6 heteroatoms. The second-order valence-electron chi connectivity index (χ2n) is 3.96. The Labute approximate surface area is 89.5 Å². The Morgan fingerprint density at radius 3 is 2.94 bits per heavy atom. The molecule has 16 heavy (non-hydrogen) atoms. The normalized spacial score (nSPS) is 15.5. The number of fused-ring (bicyclic) bond motifs is 1. The van der Waals surface area contributed by atoms with Crippen molar-refractivity contribution in [3.05, 3.63) is 33.9 Å². The first-order chi connectivity index (χ1) is 7.66. The van der Waals surface area contributed by atoms with E-state index in [0.29, 0.717) is 5.92 Å². The maximum absolute atomic E-state index is 11.4. The van der Waals surface area contributed by atoms with Gasteiger partial charge in [0.15, 0.2) is 5.65 Å². The Morgan fingerprint density at radius 1 is 1.56 bits per heavy atom. The molecule has 0 bridgehead atoms. The van der Waals surface area contributed by atoms with Crippen LogP contribution in [0.4, 0.5) is 0 Å². The van der Waals surface area contributed by atoms with Crippen LogP contribution in [0.5, 0.6) is 0 Å². The monoisotopic (exact) mass is 219 g/mol. The van der Waals surface area contributed by atoms with Crippen molar-refractivity contribution < 1.29 is 9.90 Å². The second kappa shape index (κ2) is 2.94. The van der Waals surface area contributed by atoms with Gasteiger partial charge in [-0.25, -0.2) is 9.31 Å². The highest BCUT2D eigenvalue weighted by Crippen LogP contribution is 2.39. The number of carboxylic acids is 1. The highest BCUT2D eigenvalue weighted by atomic mass is 16.4. The summed E-state index contributed by atoms with van der Waals surface area (Å²) in [5.74, 6) is -0.745. The molecule has 0 aliphatic heterocycles. The second-order valence-corrected chi connectivity index (χ2v) is 3.96. The first-order valence-corrected chi connectivity index (χ1v) is 5.01. The Balaban J connectivity index is 2.36. The average molecular weight is 219 g/mol. The summed E-state index contributed by atoms with van der Waals surface area (Å²) in [5, 5.41) is 12.9. The predicted molar refractivity (Wildman–Crippen MR) is 54.7 cm³/mol. The third-order valence-corrected chi connectivity index (χ3v) is 2.76. The number of aromatic carboxylic acids is 1. The molecule has 2 N–H and O–H groups in total. The van der Waals surface area contributed by atoms with Crippen LogP contribution in [-0.4, -0.2) is 25.7 Å². The van der Waals surface area contributed by atoms with E-state index >= 15 is 0 Å². The third kappa shape index (κ3) is 1.23. The molecule has 0 radical (unpaired) electrons. The molecule has 1 aliphatic carbocycles. The number of nitrogens with one attached hydrogen (secondary N) is 1. The van der Waals surface area contributed by atoms with E-state index in [1.807, 2.05) is 0 Å². The molecule has 2 aromatic heterocycles. The minimum absolute atomic E-state index is 0.0274. The molecule has 1 fully saturated rings. The van der Waals surface area contributed by atoms with Crippen molar-refractivity contribution in [1.82, 2.24) is 14.6 Å². The van der Waals surface area contributed by atoms with Gasteiger partial charge in [0.25, 0.3) is 5.56 Å². The summed E-state index contributed by atoms with van der Waals surface area (Å²) < 4.78 is 1.52. The van der Waals surface area contributed by atoms with Crippen LogP contribution in [0, 0.1) is 0 Å². The highest BCUT2D eigenvalue weighted by molar-refractivity contribution is 5.94. The summed E-state index contributed by atoms with van der Waals surface area (Å²) in [4.78, 5) is 24.8. The number of rotatable bonds is 2. The molecular weight excluding hydrogens is 210 g/mol. The van der Waals surface area contributed by atoms with E-state index in [2.05, 4.69) is 10.1 Å². The van der Waals surface area contributed by atoms with Gasteiger partial charge < -0.3 is 10.1 Å². The Hall–Kier alpha value is -2.11. The molecule has 82 valence electrons. The molecule has 3 rings (SSSR count). The van der Waals surface area contributed by atoms with Gasteiger partial charge in [-0.05, 0) is 12.8 Å². The number of nitrogens with zero attached hydrogens (tertiary/aromatic N) is 2. The van der Waals surface area contributed by atoms with Crippen LogP contribution in [-0.2, 0) is 0 Å². The lowest BCUT2D eigenvalue weighted by atomic mass is 10.2. The lowest BCUT2D eigenvalue weighted by molar-refractivity contribution is 0.0699. The van der Waals surface area contributed by atoms with E-state index in [9.17, 15) is 9.59 Å². The molecule has 2 heterocycles. The number of aromatic nitrogens is 3. The fourth-order valence-electron chi connectivity index (χ4n) is 1.84. The quantitative estimate of drug-likeness (QED) is 0.774. The molecule has 0 aromatic carbocycles. The lowest BCUT2D eigenvalue weighted by Crippen LogP contribution is -2.12. The number of carbonyl (C=O) groups is 1. The topological polar surface area (TPSA) is 87.5 Å². The van der Waals surface area contributed by atoms with Crippen LogP contribution in [0.25, 0.3) is 5.65 Å². The Morgan fingerprint density at radius 2 is 2.31 bits per heavy atom. The average Bonchev–Trinajstić information content (AvgIpc) is 2.97. The third-order valence-electron chi connectivity index (χ3n) is 2.76. The first-order valence-electron chi connectivity index (χ1n) is 5.01. The van der Waals surface area contributed by atoms with Gasteiger partial charge in [-0.1, -0.05) is 0 Å². The summed E-state index contributed by atoms with van der Waals surface area (Å²) in [7, 11) is 0. The van der Waals surface area contributed by atoms with Gasteiger partial charge in [-0.2, -0.15) is 5.10 Å². The Bertz CT molecular complexity index is 636. The summed E-state index contributed by atoms with van der Waals surface area (Å²) in [5.41, 5.74) is 0.810. The minimum Gasteiger partial charge on any atom is -0.477 e. The minimum atomic E-state index is -1.08. The van der Waals surface area contributed by atoms with Gasteiger partial charge >= 0.3 is 5.97 Å². The van der Waals surface area contributed by atoms with Crippen LogP contribution in [0.15, 0.2) is 17.1 Å². The van der Waals surface area contributed by atoms with E-state index in [0.717, 1.165) is 18.5 Å². The van der Waals surface area contributed by atoms with Crippen LogP contribution in [0.3, 0.4) is 0 Å². The lowest BCUT2D eigenvalue weighted by Gasteiger charge is -2.01. The number of hydrogen-bond acceptors (Lipinski definition) is 3. The molecule has 2 aromatic rings. The zero-order valence-electron chi connectivity index (χ0n) is 8.30.